The van der Waals surface area contributed by atoms with E-state index in [0.29, 0.717) is 16.5 Å². The fraction of sp³-hybridized carbons (Fsp3) is 0.446. The molecule has 1 aromatic heterocycles. The van der Waals surface area contributed by atoms with Crippen LogP contribution in [0.2, 0.25) is 5.02 Å². The topological polar surface area (TPSA) is 583 Å². The van der Waals surface area contributed by atoms with Gasteiger partial charge in [0.2, 0.25) is 59.3 Å². The molecule has 23 atom stereocenters. The molecule has 38 heteroatoms. The number of phenols is 3. The average Bonchev–Trinajstić information content (AvgIpc) is 1.11. The number of fused-ring (bicyclic) bond motifs is 16. The molecular weight excluding hydrogens is 1600 g/mol. The molecule has 121 heavy (non-hydrogen) atoms. The molecule has 0 aliphatic carbocycles. The largest absolute Gasteiger partial charge is 0.508 e. The molecule has 0 saturated carbocycles. The van der Waals surface area contributed by atoms with Gasteiger partial charge in [-0.05, 0) is 148 Å². The van der Waals surface area contributed by atoms with E-state index in [1.807, 2.05) is 26.0 Å². The minimum absolute atomic E-state index is 0.00300. The molecule has 15 rings (SSSR count). The number of H-pyrrole nitrogens is 1. The highest BCUT2D eigenvalue weighted by molar-refractivity contribution is 6.32. The normalized spacial score (nSPS) is 30.7. The van der Waals surface area contributed by atoms with Crippen molar-refractivity contribution >= 4 is 69.8 Å². The molecule has 6 aromatic carbocycles. The first-order chi connectivity index (χ1) is 57.3. The standard InChI is InChI=1S/C83H99ClN12O25/c1-33(2)21-49(88-8)74(107)95-64-66(102)39-16-20-53(47(84)23-39)117-55-25-40-24-54(70(55)121-81-71(68(104)67(103)56(32-97)118-81)120-59-30-83(7,87)73(106)36(5)115-59)116-42-17-13-37(14-18-42)69(119-58-29-82(6,86)72(105)35(4)114-58)65-80(113)94-63(78(111)90-34(3)46-31-89-48-12-10-9-11-43(46)48)45-26-41(98)27-52(100)60(45)44-22-38(15-19-51(44)99)61(76(109)96-65)93-77(110)62(40)92-75(108)50(28-57(85)101)91-79(64)112/h9-20,22-27,31,33-36,49-50,56,58-59,61-69,71-73,81,88-89,97-100,102-106H,21,28-30,32,86-87H2,1-8H3,(H2,85,101)(H,90,111)(H,91,112)(H,92,108)(H,93,110)(H,94,113)(H,95,107)(H,96,109)/t34?,35-,36-,49?,50?,56+,58?,59?,61?,62?,63?,64?,65?,66?,67+,68-,69?,71+,72-,73-,81?,82-,83-/m0/s1. The maximum absolute atomic E-state index is 16.6. The van der Waals surface area contributed by atoms with Crippen LogP contribution in [0.25, 0.3) is 22.0 Å². The number of aromatic amines is 1. The molecule has 0 radical (unpaired) electrons. The van der Waals surface area contributed by atoms with Gasteiger partial charge >= 0.3 is 0 Å². The van der Waals surface area contributed by atoms with Gasteiger partial charge in [-0.15, -0.1) is 0 Å². The van der Waals surface area contributed by atoms with Crippen LogP contribution in [0.15, 0.2) is 115 Å². The number of carbonyl (C=O) groups is 8. The number of aromatic nitrogens is 1. The first-order valence-corrected chi connectivity index (χ1v) is 39.7. The molecule has 37 nitrogen and oxygen atoms in total. The molecule has 11 bridgehead atoms. The van der Waals surface area contributed by atoms with Crippen molar-refractivity contribution in [2.24, 2.45) is 23.1 Å². The Morgan fingerprint density at radius 1 is 0.669 bits per heavy atom. The number of aliphatic hydroxyl groups is 6. The van der Waals surface area contributed by atoms with Crippen LogP contribution in [0.5, 0.6) is 46.0 Å². The van der Waals surface area contributed by atoms with Gasteiger partial charge in [0.15, 0.2) is 30.2 Å². The first kappa shape index (κ1) is 88.0. The fourth-order valence-electron chi connectivity index (χ4n) is 16.1. The van der Waals surface area contributed by atoms with E-state index in [2.05, 4.69) is 47.5 Å². The highest BCUT2D eigenvalue weighted by Gasteiger charge is 2.53. The molecule has 13 unspecified atom stereocenters. The Hall–Kier alpha value is -10.9. The summed E-state index contributed by atoms with van der Waals surface area (Å²) in [4.78, 5) is 127. The summed E-state index contributed by atoms with van der Waals surface area (Å²) in [5.74, 6) is -14.2. The maximum atomic E-state index is 16.6. The third-order valence-electron chi connectivity index (χ3n) is 22.5. The number of nitrogens with two attached hydrogens (primary N) is 3. The number of rotatable bonds is 17. The first-order valence-electron chi connectivity index (χ1n) is 39.3. The molecule has 8 aliphatic heterocycles. The lowest BCUT2D eigenvalue weighted by Gasteiger charge is -2.47. The lowest BCUT2D eigenvalue weighted by Crippen LogP contribution is -2.64. The van der Waals surface area contributed by atoms with Crippen molar-refractivity contribution in [1.82, 2.24) is 47.5 Å². The molecule has 648 valence electrons. The van der Waals surface area contributed by atoms with Crippen molar-refractivity contribution in [3.63, 3.8) is 0 Å². The van der Waals surface area contributed by atoms with E-state index >= 15 is 28.8 Å². The number of benzene rings is 6. The van der Waals surface area contributed by atoms with Gasteiger partial charge in [-0.1, -0.05) is 67.9 Å². The molecule has 8 aliphatic rings. The van der Waals surface area contributed by atoms with Crippen LogP contribution in [-0.4, -0.2) is 215 Å². The average molecular weight is 1700 g/mol. The number of likely N-dealkylation sites (N-methyl/N-ethyl adjacent to an activating group) is 1. The van der Waals surface area contributed by atoms with Crippen molar-refractivity contribution in [1.29, 1.82) is 0 Å². The molecule has 7 aromatic rings. The number of hydrogen-bond acceptors (Lipinski definition) is 28. The fourth-order valence-corrected chi connectivity index (χ4v) is 16.3. The summed E-state index contributed by atoms with van der Waals surface area (Å²) in [6.07, 6.45) is -20.7. The summed E-state index contributed by atoms with van der Waals surface area (Å²) in [7, 11) is 1.49. The summed E-state index contributed by atoms with van der Waals surface area (Å²) in [6.45, 7) is 10.4. The molecule has 3 fully saturated rings. The van der Waals surface area contributed by atoms with Crippen LogP contribution in [0, 0.1) is 5.92 Å². The molecule has 8 amide bonds. The third-order valence-corrected chi connectivity index (χ3v) is 22.8. The van der Waals surface area contributed by atoms with Crippen molar-refractivity contribution < 1.29 is 122 Å². The number of primary amides is 1. The van der Waals surface area contributed by atoms with Crippen molar-refractivity contribution in [2.75, 3.05) is 13.7 Å². The summed E-state index contributed by atoms with van der Waals surface area (Å²) < 4.78 is 52.4. The predicted octanol–water partition coefficient (Wildman–Crippen LogP) is 1.96. The van der Waals surface area contributed by atoms with Gasteiger partial charge in [0.1, 0.15) is 95.5 Å². The quantitative estimate of drug-likeness (QED) is 0.0619. The summed E-state index contributed by atoms with van der Waals surface area (Å²) in [6, 6.07) is 8.86. The van der Waals surface area contributed by atoms with Gasteiger partial charge in [-0.3, -0.25) is 38.4 Å². The van der Waals surface area contributed by atoms with E-state index in [-0.39, 0.29) is 69.5 Å². The van der Waals surface area contributed by atoms with E-state index in [9.17, 15) is 55.5 Å². The highest BCUT2D eigenvalue weighted by Crippen LogP contribution is 2.50. The molecular formula is C83H99ClN12O25. The Bertz CT molecular complexity index is 5090. The van der Waals surface area contributed by atoms with Gasteiger partial charge in [0.25, 0.3) is 0 Å². The van der Waals surface area contributed by atoms with E-state index in [1.165, 1.54) is 71.1 Å². The Kier molecular flexibility index (Phi) is 25.9. The Labute approximate surface area is 697 Å². The van der Waals surface area contributed by atoms with Gasteiger partial charge < -0.3 is 149 Å². The number of halogens is 1. The molecule has 24 N–H and O–H groups in total. The zero-order valence-electron chi connectivity index (χ0n) is 66.9. The third kappa shape index (κ3) is 18.7. The van der Waals surface area contributed by atoms with E-state index in [4.69, 9.17) is 66.7 Å². The van der Waals surface area contributed by atoms with Crippen molar-refractivity contribution in [3.8, 4) is 57.1 Å². The Morgan fingerprint density at radius 3 is 1.94 bits per heavy atom. The number of carbonyl (C=O) groups excluding carboxylic acids is 8. The van der Waals surface area contributed by atoms with Gasteiger partial charge in [0.05, 0.1) is 54.5 Å². The SMILES string of the molecule is CNC(CC(C)C)C(=O)NC1C(=O)NC(CC(N)=O)C(=O)NC2C(=O)NC3C(=O)NC(C(=O)NC(C(=O)NC(C)c4c[nH]c5ccccc45)c4cc(O)cc(O)c4-c4cc3ccc4O)C(OC3C[C@](C)(N)[C@@H](O)[C@H](C)O3)c3ccc(cc3)Oc3cc2cc(c3OC2O[C@H](CO)[C@@H](O)[C@H](O)[C@H]2OC2C[C@](C)(N)[C@@H](O)[C@H](C)O2)Oc2ccc(cc2Cl)C1O. The molecule has 0 spiro atoms. The van der Waals surface area contributed by atoms with Crippen molar-refractivity contribution in [3.05, 3.63) is 154 Å². The van der Waals surface area contributed by atoms with Crippen molar-refractivity contribution in [2.45, 2.75) is 213 Å². The second-order valence-electron chi connectivity index (χ2n) is 32.3. The van der Waals surface area contributed by atoms with Crippen LogP contribution in [0.4, 0.5) is 0 Å². The summed E-state index contributed by atoms with van der Waals surface area (Å²) in [5, 5.41) is 127. The minimum atomic E-state index is -2.34. The van der Waals surface area contributed by atoms with Crippen LogP contribution in [-0.2, 0) is 62.0 Å². The van der Waals surface area contributed by atoms with Gasteiger partial charge in [-0.25, -0.2) is 0 Å². The Balaban J connectivity index is 1.05. The molecule has 3 saturated heterocycles. The van der Waals surface area contributed by atoms with Crippen LogP contribution in [0.1, 0.15) is 144 Å². The number of amides is 8. The summed E-state index contributed by atoms with van der Waals surface area (Å²) in [5.41, 5.74) is 15.6. The maximum Gasteiger partial charge on any atom is 0.248 e. The number of phenolic OH excluding ortho intramolecular Hbond substituents is 3. The highest BCUT2D eigenvalue weighted by atomic mass is 35.5. The number of nitrogens with one attached hydrogen (secondary N) is 9. The van der Waals surface area contributed by atoms with Gasteiger partial charge in [-0.2, -0.15) is 0 Å². The lowest BCUT2D eigenvalue weighted by molar-refractivity contribution is -0.333. The number of para-hydroxylation sites is 1. The monoisotopic (exact) mass is 1700 g/mol. The number of aromatic hydroxyl groups is 3. The van der Waals surface area contributed by atoms with E-state index in [0.717, 1.165) is 48.5 Å². The van der Waals surface area contributed by atoms with Crippen LogP contribution < -0.4 is 73.9 Å². The van der Waals surface area contributed by atoms with Crippen LogP contribution >= 0.6 is 11.6 Å². The second-order valence-corrected chi connectivity index (χ2v) is 32.7. The van der Waals surface area contributed by atoms with Gasteiger partial charge in [0, 0.05) is 58.2 Å². The van der Waals surface area contributed by atoms with Crippen LogP contribution in [0.3, 0.4) is 0 Å². The second kappa shape index (κ2) is 35.7. The minimum Gasteiger partial charge on any atom is -0.508 e. The van der Waals surface area contributed by atoms with E-state index < -0.39 is 245 Å². The smallest absolute Gasteiger partial charge is 0.248 e. The summed E-state index contributed by atoms with van der Waals surface area (Å²) >= 11 is 7.19. The number of aliphatic hydroxyl groups excluding tert-OH is 6. The van der Waals surface area contributed by atoms with E-state index in [1.54, 1.807) is 25.3 Å². The predicted molar refractivity (Wildman–Crippen MR) is 428 cm³/mol. The zero-order chi connectivity index (χ0) is 87.3. The number of ether oxygens (including phenoxy) is 8. The number of hydrogen-bond donors (Lipinski definition) is 21. The molecule has 9 heterocycles. The zero-order valence-corrected chi connectivity index (χ0v) is 67.6. The lowest BCUT2D eigenvalue weighted by atomic mass is 9.86. The Morgan fingerprint density at radius 2 is 1.30 bits per heavy atom.